The average Bonchev–Trinajstić information content (AvgIpc) is 2.75. The fourth-order valence-electron chi connectivity index (χ4n) is 2.91. The van der Waals surface area contributed by atoms with Crippen LogP contribution in [-0.2, 0) is 11.2 Å². The van der Waals surface area contributed by atoms with Gasteiger partial charge in [0.1, 0.15) is 29.0 Å². The maximum Gasteiger partial charge on any atom is 0.266 e. The number of anilines is 1. The van der Waals surface area contributed by atoms with E-state index in [1.807, 2.05) is 6.07 Å². The molecule has 0 unspecified atom stereocenters. The third-order valence-corrected chi connectivity index (χ3v) is 4.48. The first kappa shape index (κ1) is 20.7. The van der Waals surface area contributed by atoms with Gasteiger partial charge in [0.25, 0.3) is 5.91 Å². The largest absolute Gasteiger partial charge is 0.497 e. The van der Waals surface area contributed by atoms with Gasteiger partial charge in [-0.3, -0.25) is 4.79 Å². The van der Waals surface area contributed by atoms with Crippen molar-refractivity contribution in [1.29, 1.82) is 5.26 Å². The van der Waals surface area contributed by atoms with E-state index in [2.05, 4.69) is 5.32 Å². The molecule has 0 fully saturated rings. The number of nitriles is 1. The lowest BCUT2D eigenvalue weighted by molar-refractivity contribution is -0.112. The van der Waals surface area contributed by atoms with E-state index >= 15 is 0 Å². The number of hydrogen-bond donors (Lipinski definition) is 1. The fourth-order valence-corrected chi connectivity index (χ4v) is 2.91. The predicted octanol–water partition coefficient (Wildman–Crippen LogP) is 5.11. The molecule has 3 aromatic carbocycles. The molecular formula is C24H18F2N2O2. The molecule has 0 saturated heterocycles. The van der Waals surface area contributed by atoms with E-state index in [4.69, 9.17) is 4.74 Å². The second kappa shape index (κ2) is 9.48. The Morgan fingerprint density at radius 3 is 2.40 bits per heavy atom. The molecular weight excluding hydrogens is 386 g/mol. The lowest BCUT2D eigenvalue weighted by Crippen LogP contribution is -2.14. The summed E-state index contributed by atoms with van der Waals surface area (Å²) in [4.78, 5) is 12.5. The Bertz CT molecular complexity index is 1150. The highest BCUT2D eigenvalue weighted by molar-refractivity contribution is 6.09. The van der Waals surface area contributed by atoms with E-state index < -0.39 is 11.7 Å². The first-order valence-corrected chi connectivity index (χ1v) is 9.10. The fraction of sp³-hybridized carbons (Fsp3) is 0.0833. The topological polar surface area (TPSA) is 62.1 Å². The van der Waals surface area contributed by atoms with Crippen molar-refractivity contribution in [1.82, 2.24) is 0 Å². The molecule has 6 heteroatoms. The van der Waals surface area contributed by atoms with Gasteiger partial charge in [0.05, 0.1) is 12.8 Å². The first-order chi connectivity index (χ1) is 14.5. The number of amides is 1. The molecule has 30 heavy (non-hydrogen) atoms. The zero-order valence-corrected chi connectivity index (χ0v) is 16.2. The zero-order valence-electron chi connectivity index (χ0n) is 16.2. The van der Waals surface area contributed by atoms with E-state index in [0.29, 0.717) is 22.4 Å². The Hall–Kier alpha value is -3.98. The van der Waals surface area contributed by atoms with Gasteiger partial charge in [0, 0.05) is 6.42 Å². The van der Waals surface area contributed by atoms with Gasteiger partial charge in [-0.25, -0.2) is 8.78 Å². The first-order valence-electron chi connectivity index (χ1n) is 9.10. The summed E-state index contributed by atoms with van der Waals surface area (Å²) in [5.74, 6) is -1.14. The molecule has 150 valence electrons. The third-order valence-electron chi connectivity index (χ3n) is 4.48. The molecule has 0 bridgehead atoms. The Labute approximate surface area is 173 Å². The number of halogens is 2. The molecule has 0 saturated carbocycles. The van der Waals surface area contributed by atoms with Gasteiger partial charge >= 0.3 is 0 Å². The summed E-state index contributed by atoms with van der Waals surface area (Å²) < 4.78 is 33.2. The SMILES string of the molecule is COc1ccc(/C=C(\C#N)C(=O)Nc2ccccc2F)c(Cc2ccccc2F)c1. The molecule has 3 aromatic rings. The second-order valence-corrected chi connectivity index (χ2v) is 6.44. The second-order valence-electron chi connectivity index (χ2n) is 6.44. The van der Waals surface area contributed by atoms with Crippen LogP contribution in [0.1, 0.15) is 16.7 Å². The number of hydrogen-bond acceptors (Lipinski definition) is 3. The molecule has 0 aromatic heterocycles. The van der Waals surface area contributed by atoms with E-state index in [9.17, 15) is 18.8 Å². The highest BCUT2D eigenvalue weighted by atomic mass is 19.1. The molecule has 3 rings (SSSR count). The minimum atomic E-state index is -0.741. The van der Waals surface area contributed by atoms with Crippen LogP contribution in [0.5, 0.6) is 5.75 Å². The number of carbonyl (C=O) groups excluding carboxylic acids is 1. The summed E-state index contributed by atoms with van der Waals surface area (Å²) in [6.07, 6.45) is 1.63. The van der Waals surface area contributed by atoms with Crippen LogP contribution in [0, 0.1) is 23.0 Å². The highest BCUT2D eigenvalue weighted by Gasteiger charge is 2.14. The standard InChI is InChI=1S/C24H18F2N2O2/c1-30-20-11-10-16(18(14-20)13-17-6-2-3-7-21(17)25)12-19(15-27)24(29)28-23-9-5-4-8-22(23)26/h2-12,14H,13H2,1H3,(H,28,29)/b19-12+. The number of nitrogens with one attached hydrogen (secondary N) is 1. The number of benzene rings is 3. The minimum absolute atomic E-state index is 0.0232. The van der Waals surface area contributed by atoms with Gasteiger partial charge in [-0.1, -0.05) is 36.4 Å². The van der Waals surface area contributed by atoms with Crippen LogP contribution in [0.3, 0.4) is 0 Å². The Morgan fingerprint density at radius 2 is 1.73 bits per heavy atom. The Kier molecular flexibility index (Phi) is 6.56. The molecule has 0 heterocycles. The van der Waals surface area contributed by atoms with Crippen molar-refractivity contribution < 1.29 is 18.3 Å². The number of rotatable bonds is 6. The molecule has 0 radical (unpaired) electrons. The molecule has 0 aliphatic rings. The average molecular weight is 404 g/mol. The van der Waals surface area contributed by atoms with E-state index in [0.717, 1.165) is 0 Å². The summed E-state index contributed by atoms with van der Waals surface area (Å²) in [5, 5.41) is 11.9. The number of nitrogens with zero attached hydrogens (tertiary/aromatic N) is 1. The summed E-state index contributed by atoms with van der Waals surface area (Å²) in [6.45, 7) is 0. The van der Waals surface area contributed by atoms with Gasteiger partial charge < -0.3 is 10.1 Å². The van der Waals surface area contributed by atoms with Gasteiger partial charge in [0.2, 0.25) is 0 Å². The molecule has 1 N–H and O–H groups in total. The van der Waals surface area contributed by atoms with Crippen molar-refractivity contribution in [2.45, 2.75) is 6.42 Å². The lowest BCUT2D eigenvalue weighted by Gasteiger charge is -2.11. The van der Waals surface area contributed by atoms with Crippen LogP contribution >= 0.6 is 0 Å². The van der Waals surface area contributed by atoms with Crippen LogP contribution in [-0.4, -0.2) is 13.0 Å². The number of methoxy groups -OCH3 is 1. The summed E-state index contributed by atoms with van der Waals surface area (Å²) in [6, 6.07) is 19.0. The maximum atomic E-state index is 14.1. The Morgan fingerprint density at radius 1 is 1.03 bits per heavy atom. The van der Waals surface area contributed by atoms with Crippen molar-refractivity contribution in [3.8, 4) is 11.8 Å². The van der Waals surface area contributed by atoms with Gasteiger partial charge in [-0.15, -0.1) is 0 Å². The number of para-hydroxylation sites is 1. The predicted molar refractivity (Wildman–Crippen MR) is 111 cm³/mol. The van der Waals surface area contributed by atoms with Crippen molar-refractivity contribution in [2.24, 2.45) is 0 Å². The molecule has 1 amide bonds. The quantitative estimate of drug-likeness (QED) is 0.459. The van der Waals surface area contributed by atoms with E-state index in [1.54, 1.807) is 42.5 Å². The molecule has 4 nitrogen and oxygen atoms in total. The van der Waals surface area contributed by atoms with Crippen molar-refractivity contribution in [3.63, 3.8) is 0 Å². The summed E-state index contributed by atoms with van der Waals surface area (Å²) >= 11 is 0. The summed E-state index contributed by atoms with van der Waals surface area (Å²) in [5.41, 5.74) is 1.46. The van der Waals surface area contributed by atoms with Crippen LogP contribution in [0.15, 0.2) is 72.3 Å². The number of carbonyl (C=O) groups is 1. The van der Waals surface area contributed by atoms with Gasteiger partial charge in [-0.2, -0.15) is 5.26 Å². The maximum absolute atomic E-state index is 14.1. The summed E-state index contributed by atoms with van der Waals surface area (Å²) in [7, 11) is 1.51. The molecule has 0 spiro atoms. The normalized spacial score (nSPS) is 10.9. The van der Waals surface area contributed by atoms with Crippen LogP contribution in [0.2, 0.25) is 0 Å². The minimum Gasteiger partial charge on any atom is -0.497 e. The van der Waals surface area contributed by atoms with Crippen molar-refractivity contribution in [2.75, 3.05) is 12.4 Å². The van der Waals surface area contributed by atoms with Crippen LogP contribution < -0.4 is 10.1 Å². The van der Waals surface area contributed by atoms with Crippen molar-refractivity contribution >= 4 is 17.7 Å². The van der Waals surface area contributed by atoms with Gasteiger partial charge in [0.15, 0.2) is 0 Å². The molecule has 0 aliphatic heterocycles. The zero-order chi connectivity index (χ0) is 21.5. The lowest BCUT2D eigenvalue weighted by atomic mass is 9.97. The molecule has 0 aliphatic carbocycles. The highest BCUT2D eigenvalue weighted by Crippen LogP contribution is 2.24. The smallest absolute Gasteiger partial charge is 0.266 e. The van der Waals surface area contributed by atoms with Crippen LogP contribution in [0.25, 0.3) is 6.08 Å². The van der Waals surface area contributed by atoms with E-state index in [1.165, 1.54) is 37.5 Å². The number of ether oxygens (including phenoxy) is 1. The van der Waals surface area contributed by atoms with E-state index in [-0.39, 0.29) is 23.5 Å². The van der Waals surface area contributed by atoms with Crippen molar-refractivity contribution in [3.05, 3.63) is 101 Å². The molecule has 0 atom stereocenters. The third kappa shape index (κ3) is 4.89. The van der Waals surface area contributed by atoms with Gasteiger partial charge in [-0.05, 0) is 53.1 Å². The Balaban J connectivity index is 1.95. The van der Waals surface area contributed by atoms with Crippen LogP contribution in [0.4, 0.5) is 14.5 Å². The monoisotopic (exact) mass is 404 g/mol.